The third-order valence-electron chi connectivity index (χ3n) is 3.33. The molecule has 0 amide bonds. The van der Waals surface area contributed by atoms with Crippen molar-refractivity contribution in [2.24, 2.45) is 0 Å². The van der Waals surface area contributed by atoms with Crippen LogP contribution in [0.3, 0.4) is 0 Å². The second-order valence-electron chi connectivity index (χ2n) is 4.60. The number of hydrogen-bond donors (Lipinski definition) is 0. The summed E-state index contributed by atoms with van der Waals surface area (Å²) in [5.41, 5.74) is 1.06. The van der Waals surface area contributed by atoms with Crippen LogP contribution in [0.5, 0.6) is 0 Å². The van der Waals surface area contributed by atoms with Gasteiger partial charge in [-0.1, -0.05) is 35.6 Å². The van der Waals surface area contributed by atoms with Gasteiger partial charge in [-0.25, -0.2) is 0 Å². The van der Waals surface area contributed by atoms with Crippen LogP contribution in [0.1, 0.15) is 42.6 Å². The average Bonchev–Trinajstić information content (AvgIpc) is 2.27. The van der Waals surface area contributed by atoms with Crippen LogP contribution in [0, 0.1) is 0 Å². The molecule has 1 unspecified atom stereocenters. The van der Waals surface area contributed by atoms with Crippen LogP contribution in [0.15, 0.2) is 18.2 Å². The molecule has 5 heteroatoms. The lowest BCUT2D eigenvalue weighted by Gasteiger charge is -2.32. The van der Waals surface area contributed by atoms with Gasteiger partial charge in [-0.2, -0.15) is 13.2 Å². The maximum atomic E-state index is 12.7. The van der Waals surface area contributed by atoms with Gasteiger partial charge in [0.05, 0.1) is 18.3 Å². The number of benzene rings is 1. The molecular formula is C13H14F3IO. The topological polar surface area (TPSA) is 9.23 Å². The van der Waals surface area contributed by atoms with E-state index in [1.807, 2.05) is 6.92 Å². The van der Waals surface area contributed by atoms with E-state index in [-0.39, 0.29) is 12.0 Å². The number of hydrogen-bond acceptors (Lipinski definition) is 1. The molecule has 2 rings (SSSR count). The lowest BCUT2D eigenvalue weighted by Crippen LogP contribution is -2.25. The summed E-state index contributed by atoms with van der Waals surface area (Å²) in [4.78, 5) is 0. The van der Waals surface area contributed by atoms with Crippen LogP contribution in [0.4, 0.5) is 13.2 Å². The summed E-state index contributed by atoms with van der Waals surface area (Å²) < 4.78 is 44.0. The average molecular weight is 370 g/mol. The molecule has 1 aromatic rings. The molecule has 1 nitrogen and oxygen atoms in total. The number of ether oxygens (including phenoxy) is 1. The summed E-state index contributed by atoms with van der Waals surface area (Å²) in [6.45, 7) is 4.42. The van der Waals surface area contributed by atoms with Gasteiger partial charge in [0.25, 0.3) is 0 Å². The lowest BCUT2D eigenvalue weighted by atomic mass is 9.87. The molecule has 0 saturated heterocycles. The van der Waals surface area contributed by atoms with Crippen molar-refractivity contribution in [1.82, 2.24) is 0 Å². The van der Waals surface area contributed by atoms with E-state index in [1.165, 1.54) is 12.1 Å². The Bertz CT molecular complexity index is 442. The van der Waals surface area contributed by atoms with Crippen molar-refractivity contribution in [3.63, 3.8) is 0 Å². The Morgan fingerprint density at radius 1 is 1.33 bits per heavy atom. The molecule has 0 N–H and O–H groups in total. The molecule has 1 aliphatic rings. The van der Waals surface area contributed by atoms with Gasteiger partial charge >= 0.3 is 6.18 Å². The fraction of sp³-hybridized carbons (Fsp3) is 0.538. The Hall–Kier alpha value is -0.300. The summed E-state index contributed by atoms with van der Waals surface area (Å²) in [6.07, 6.45) is -4.56. The zero-order valence-electron chi connectivity index (χ0n) is 10.1. The van der Waals surface area contributed by atoms with E-state index < -0.39 is 11.7 Å². The third kappa shape index (κ3) is 2.66. The fourth-order valence-corrected chi connectivity index (χ4v) is 2.84. The second kappa shape index (κ2) is 5.00. The van der Waals surface area contributed by atoms with Gasteiger partial charge in [-0.3, -0.25) is 0 Å². The van der Waals surface area contributed by atoms with E-state index in [2.05, 4.69) is 22.6 Å². The van der Waals surface area contributed by atoms with Crippen LogP contribution in [-0.2, 0) is 10.9 Å². The molecule has 100 valence electrons. The standard InChI is InChI=1S/C13H14F3IO/c1-7(17)12-6-18-8(2)11-5-9(13(14,15)16)3-4-10(11)12/h3-5,7-8,12H,6H2,1-2H3/t7?,8-,12+/m0/s1. The van der Waals surface area contributed by atoms with E-state index in [0.29, 0.717) is 16.1 Å². The number of alkyl halides is 4. The van der Waals surface area contributed by atoms with Crippen molar-refractivity contribution in [3.05, 3.63) is 34.9 Å². The summed E-state index contributed by atoms with van der Waals surface area (Å²) in [5, 5.41) is 0. The van der Waals surface area contributed by atoms with Crippen LogP contribution in [-0.4, -0.2) is 10.5 Å². The molecular weight excluding hydrogens is 356 g/mol. The lowest BCUT2D eigenvalue weighted by molar-refractivity contribution is -0.137. The second-order valence-corrected chi connectivity index (χ2v) is 6.57. The minimum absolute atomic E-state index is 0.166. The zero-order chi connectivity index (χ0) is 13.5. The molecule has 0 aliphatic carbocycles. The minimum atomic E-state index is -4.29. The summed E-state index contributed by atoms with van der Waals surface area (Å²) in [6, 6.07) is 4.01. The predicted octanol–water partition coefficient (Wildman–Crippen LogP) is 4.70. The largest absolute Gasteiger partial charge is 0.416 e. The van der Waals surface area contributed by atoms with Crippen LogP contribution < -0.4 is 0 Å². The van der Waals surface area contributed by atoms with Crippen LogP contribution in [0.2, 0.25) is 0 Å². The molecule has 0 fully saturated rings. The summed E-state index contributed by atoms with van der Waals surface area (Å²) >= 11 is 2.29. The van der Waals surface area contributed by atoms with E-state index >= 15 is 0 Å². The van der Waals surface area contributed by atoms with E-state index in [4.69, 9.17) is 4.74 Å². The van der Waals surface area contributed by atoms with Crippen LogP contribution >= 0.6 is 22.6 Å². The smallest absolute Gasteiger partial charge is 0.373 e. The predicted molar refractivity (Wildman–Crippen MR) is 72.0 cm³/mol. The highest BCUT2D eigenvalue weighted by atomic mass is 127. The first-order valence-electron chi connectivity index (χ1n) is 5.77. The molecule has 1 aromatic carbocycles. The maximum absolute atomic E-state index is 12.7. The highest BCUT2D eigenvalue weighted by Crippen LogP contribution is 2.40. The van der Waals surface area contributed by atoms with Crippen molar-refractivity contribution in [2.75, 3.05) is 6.61 Å². The number of halogens is 4. The molecule has 1 aliphatic heterocycles. The zero-order valence-corrected chi connectivity index (χ0v) is 12.2. The van der Waals surface area contributed by atoms with Crippen molar-refractivity contribution < 1.29 is 17.9 Å². The first-order valence-corrected chi connectivity index (χ1v) is 7.02. The molecule has 3 atom stereocenters. The van der Waals surface area contributed by atoms with Gasteiger partial charge in [0.2, 0.25) is 0 Å². The normalized spacial score (nSPS) is 25.7. The first kappa shape index (κ1) is 14.1. The van der Waals surface area contributed by atoms with Gasteiger partial charge < -0.3 is 4.74 Å². The Morgan fingerprint density at radius 2 is 2.00 bits per heavy atom. The van der Waals surface area contributed by atoms with E-state index in [9.17, 15) is 13.2 Å². The Morgan fingerprint density at radius 3 is 2.56 bits per heavy atom. The molecule has 0 spiro atoms. The van der Waals surface area contributed by atoms with Crippen LogP contribution in [0.25, 0.3) is 0 Å². The number of fused-ring (bicyclic) bond motifs is 1. The molecule has 18 heavy (non-hydrogen) atoms. The molecule has 1 heterocycles. The Kier molecular flexibility index (Phi) is 3.92. The van der Waals surface area contributed by atoms with Gasteiger partial charge in [-0.15, -0.1) is 0 Å². The maximum Gasteiger partial charge on any atom is 0.416 e. The quantitative estimate of drug-likeness (QED) is 0.514. The van der Waals surface area contributed by atoms with Gasteiger partial charge in [0.15, 0.2) is 0 Å². The fourth-order valence-electron chi connectivity index (χ4n) is 2.25. The van der Waals surface area contributed by atoms with Gasteiger partial charge in [0, 0.05) is 9.84 Å². The summed E-state index contributed by atoms with van der Waals surface area (Å²) in [5.74, 6) is 0.166. The number of rotatable bonds is 1. The SMILES string of the molecule is CC(I)[C@H]1CO[C@@H](C)c2cc(C(F)(F)F)ccc21. The molecule has 0 saturated carbocycles. The highest BCUT2D eigenvalue weighted by molar-refractivity contribution is 14.1. The van der Waals surface area contributed by atoms with E-state index in [0.717, 1.165) is 5.56 Å². The van der Waals surface area contributed by atoms with Crippen molar-refractivity contribution in [1.29, 1.82) is 0 Å². The Labute approximate surface area is 118 Å². The first-order chi connectivity index (χ1) is 8.30. The van der Waals surface area contributed by atoms with Gasteiger partial charge in [-0.05, 0) is 30.2 Å². The third-order valence-corrected chi connectivity index (χ3v) is 4.20. The monoisotopic (exact) mass is 370 g/mol. The van der Waals surface area contributed by atoms with Gasteiger partial charge in [0.1, 0.15) is 0 Å². The van der Waals surface area contributed by atoms with Crippen molar-refractivity contribution in [2.45, 2.75) is 36.0 Å². The summed E-state index contributed by atoms with van der Waals surface area (Å²) in [7, 11) is 0. The Balaban J connectivity index is 2.47. The van der Waals surface area contributed by atoms with Crippen molar-refractivity contribution in [3.8, 4) is 0 Å². The minimum Gasteiger partial charge on any atom is -0.373 e. The highest BCUT2D eigenvalue weighted by Gasteiger charge is 2.34. The molecule has 0 bridgehead atoms. The van der Waals surface area contributed by atoms with E-state index in [1.54, 1.807) is 13.0 Å². The van der Waals surface area contributed by atoms with Crippen molar-refractivity contribution >= 4 is 22.6 Å². The molecule has 0 aromatic heterocycles. The molecule has 0 radical (unpaired) electrons.